The van der Waals surface area contributed by atoms with Crippen molar-refractivity contribution in [1.82, 2.24) is 9.78 Å². The van der Waals surface area contributed by atoms with Gasteiger partial charge in [0.1, 0.15) is 12.4 Å². The molecule has 0 saturated carbocycles. The summed E-state index contributed by atoms with van der Waals surface area (Å²) in [7, 11) is 1.89. The van der Waals surface area contributed by atoms with E-state index in [0.717, 1.165) is 32.4 Å². The fourth-order valence-electron chi connectivity index (χ4n) is 2.09. The van der Waals surface area contributed by atoms with Crippen LogP contribution in [0.2, 0.25) is 0 Å². The Hall–Kier alpha value is -1.27. The number of benzene rings is 1. The van der Waals surface area contributed by atoms with Gasteiger partial charge in [-0.25, -0.2) is 0 Å². The number of hydrogen-bond acceptors (Lipinski definition) is 3. The summed E-state index contributed by atoms with van der Waals surface area (Å²) >= 11 is 7.01. The second-order valence-electron chi connectivity index (χ2n) is 4.41. The molecule has 0 amide bonds. The Morgan fingerprint density at radius 3 is 2.95 bits per heavy atom. The molecule has 0 fully saturated rings. The molecule has 2 heterocycles. The molecule has 0 radical (unpaired) electrons. The summed E-state index contributed by atoms with van der Waals surface area (Å²) < 4.78 is 14.1. The summed E-state index contributed by atoms with van der Waals surface area (Å²) in [5.41, 5.74) is 2.76. The lowest BCUT2D eigenvalue weighted by molar-refractivity contribution is 0.301. The predicted molar refractivity (Wildman–Crippen MR) is 84.1 cm³/mol. The molecule has 0 atom stereocenters. The number of hydrogen-bond donors (Lipinski definition) is 0. The van der Waals surface area contributed by atoms with Gasteiger partial charge in [-0.2, -0.15) is 5.10 Å². The molecule has 3 rings (SSSR count). The molecule has 0 saturated heterocycles. The van der Waals surface area contributed by atoms with Gasteiger partial charge in [0, 0.05) is 24.1 Å². The van der Waals surface area contributed by atoms with E-state index >= 15 is 0 Å². The van der Waals surface area contributed by atoms with E-state index in [-0.39, 0.29) is 0 Å². The smallest absolute Gasteiger partial charge is 0.151 e. The van der Waals surface area contributed by atoms with Gasteiger partial charge in [0.05, 0.1) is 21.8 Å². The van der Waals surface area contributed by atoms with Crippen LogP contribution in [0.25, 0.3) is 11.0 Å². The normalized spacial score (nSPS) is 11.2. The van der Waals surface area contributed by atoms with E-state index in [1.54, 1.807) is 10.9 Å². The molecule has 0 unspecified atom stereocenters. The Morgan fingerprint density at radius 2 is 2.25 bits per heavy atom. The zero-order valence-electron chi connectivity index (χ0n) is 10.8. The van der Waals surface area contributed by atoms with Gasteiger partial charge < -0.3 is 9.15 Å². The molecule has 4 nitrogen and oxygen atoms in total. The van der Waals surface area contributed by atoms with Crippen molar-refractivity contribution in [2.45, 2.75) is 11.9 Å². The maximum Gasteiger partial charge on any atom is 0.151 e. The van der Waals surface area contributed by atoms with Crippen molar-refractivity contribution in [2.24, 2.45) is 7.05 Å². The molecule has 3 aromatic rings. The van der Waals surface area contributed by atoms with E-state index in [2.05, 4.69) is 37.0 Å². The van der Waals surface area contributed by atoms with Crippen LogP contribution in [-0.2, 0) is 19.0 Å². The highest BCUT2D eigenvalue weighted by atomic mass is 79.9. The number of ether oxygens (including phenoxy) is 1. The average molecular weight is 400 g/mol. The van der Waals surface area contributed by atoms with Crippen LogP contribution in [0.1, 0.15) is 11.3 Å². The zero-order valence-corrected chi connectivity index (χ0v) is 13.9. The number of aryl methyl sites for hydroxylation is 1. The number of aromatic nitrogens is 2. The van der Waals surface area contributed by atoms with E-state index in [4.69, 9.17) is 9.15 Å². The van der Waals surface area contributed by atoms with E-state index in [1.807, 2.05) is 31.4 Å². The van der Waals surface area contributed by atoms with Crippen molar-refractivity contribution in [3.8, 4) is 5.75 Å². The van der Waals surface area contributed by atoms with Gasteiger partial charge in [-0.3, -0.25) is 4.68 Å². The minimum absolute atomic E-state index is 0.433. The first-order valence-corrected chi connectivity index (χ1v) is 7.96. The van der Waals surface area contributed by atoms with Crippen molar-refractivity contribution in [3.63, 3.8) is 0 Å². The lowest BCUT2D eigenvalue weighted by Gasteiger charge is -2.11. The number of halogens is 2. The highest BCUT2D eigenvalue weighted by Gasteiger charge is 2.14. The van der Waals surface area contributed by atoms with E-state index in [9.17, 15) is 0 Å². The Kier molecular flexibility index (Phi) is 3.85. The first-order chi connectivity index (χ1) is 9.69. The molecular weight excluding hydrogens is 388 g/mol. The molecule has 6 heteroatoms. The average Bonchev–Trinajstić information content (AvgIpc) is 3.06. The van der Waals surface area contributed by atoms with Gasteiger partial charge >= 0.3 is 0 Å². The number of nitrogens with zero attached hydrogens (tertiary/aromatic N) is 2. The lowest BCUT2D eigenvalue weighted by Crippen LogP contribution is -2.00. The monoisotopic (exact) mass is 398 g/mol. The van der Waals surface area contributed by atoms with Crippen molar-refractivity contribution in [1.29, 1.82) is 0 Å². The fourth-order valence-corrected chi connectivity index (χ4v) is 3.09. The molecule has 104 valence electrons. The summed E-state index contributed by atoms with van der Waals surface area (Å²) in [6.45, 7) is 0.433. The Labute approximate surface area is 133 Å². The summed E-state index contributed by atoms with van der Waals surface area (Å²) in [5, 5.41) is 5.99. The van der Waals surface area contributed by atoms with Crippen LogP contribution >= 0.6 is 31.9 Å². The molecule has 20 heavy (non-hydrogen) atoms. The van der Waals surface area contributed by atoms with Crippen molar-refractivity contribution in [2.75, 3.05) is 0 Å². The number of alkyl halides is 1. The third-order valence-electron chi connectivity index (χ3n) is 3.00. The van der Waals surface area contributed by atoms with Gasteiger partial charge in [-0.15, -0.1) is 0 Å². The number of rotatable bonds is 4. The molecule has 0 aliphatic carbocycles. The van der Waals surface area contributed by atoms with Crippen LogP contribution in [0.15, 0.2) is 39.5 Å². The Morgan fingerprint density at radius 1 is 1.40 bits per heavy atom. The van der Waals surface area contributed by atoms with Crippen molar-refractivity contribution in [3.05, 3.63) is 46.4 Å². The number of fused-ring (bicyclic) bond motifs is 1. The third-order valence-corrected chi connectivity index (χ3v) is 4.19. The molecule has 0 aliphatic heterocycles. The van der Waals surface area contributed by atoms with E-state index in [0.29, 0.717) is 11.9 Å². The minimum atomic E-state index is 0.433. The molecule has 2 aromatic heterocycles. The fraction of sp³-hybridized carbons (Fsp3) is 0.214. The minimum Gasteiger partial charge on any atom is -0.486 e. The Bertz CT molecular complexity index is 749. The summed E-state index contributed by atoms with van der Waals surface area (Å²) in [6, 6.07) is 5.87. The van der Waals surface area contributed by atoms with Crippen LogP contribution in [0.3, 0.4) is 0 Å². The maximum atomic E-state index is 5.97. The van der Waals surface area contributed by atoms with Gasteiger partial charge in [0.25, 0.3) is 0 Å². The molecule has 0 bridgehead atoms. The van der Waals surface area contributed by atoms with Crippen LogP contribution < -0.4 is 4.74 Å². The first kappa shape index (κ1) is 13.7. The Balaban J connectivity index is 1.97. The number of furan rings is 1. The summed E-state index contributed by atoms with van der Waals surface area (Å²) in [4.78, 5) is 0. The molecule has 0 aliphatic rings. The second-order valence-corrected chi connectivity index (χ2v) is 5.83. The van der Waals surface area contributed by atoms with Crippen molar-refractivity contribution >= 4 is 42.8 Å². The topological polar surface area (TPSA) is 40.2 Å². The first-order valence-electron chi connectivity index (χ1n) is 6.05. The quantitative estimate of drug-likeness (QED) is 0.610. The van der Waals surface area contributed by atoms with Crippen LogP contribution in [0, 0.1) is 0 Å². The summed E-state index contributed by atoms with van der Waals surface area (Å²) in [5.74, 6) is 0.833. The standard InChI is InChI=1S/C14H12Br2N2O2/c1-18-4-2-10(17-18)8-20-13-9(7-15)6-12(16)14-11(13)3-5-19-14/h2-6H,7-8H2,1H3. The van der Waals surface area contributed by atoms with Gasteiger partial charge in [0.15, 0.2) is 5.58 Å². The zero-order chi connectivity index (χ0) is 14.1. The van der Waals surface area contributed by atoms with Crippen molar-refractivity contribution < 1.29 is 9.15 Å². The highest BCUT2D eigenvalue weighted by Crippen LogP contribution is 2.37. The maximum absolute atomic E-state index is 5.97. The predicted octanol–water partition coefficient (Wildman–Crippen LogP) is 4.40. The molecular formula is C14H12Br2N2O2. The molecule has 0 N–H and O–H groups in total. The van der Waals surface area contributed by atoms with E-state index in [1.165, 1.54) is 0 Å². The summed E-state index contributed by atoms with van der Waals surface area (Å²) in [6.07, 6.45) is 3.57. The van der Waals surface area contributed by atoms with Crippen LogP contribution in [-0.4, -0.2) is 9.78 Å². The van der Waals surface area contributed by atoms with Gasteiger partial charge in [0.2, 0.25) is 0 Å². The van der Waals surface area contributed by atoms with Gasteiger partial charge in [-0.1, -0.05) is 15.9 Å². The molecule has 1 aromatic carbocycles. The van der Waals surface area contributed by atoms with Crippen LogP contribution in [0.4, 0.5) is 0 Å². The third kappa shape index (κ3) is 2.50. The van der Waals surface area contributed by atoms with Crippen LogP contribution in [0.5, 0.6) is 5.75 Å². The lowest BCUT2D eigenvalue weighted by atomic mass is 10.1. The largest absolute Gasteiger partial charge is 0.486 e. The molecule has 0 spiro atoms. The second kappa shape index (κ2) is 5.61. The SMILES string of the molecule is Cn1ccc(COc2c(CBr)cc(Br)c3occc23)n1. The highest BCUT2D eigenvalue weighted by molar-refractivity contribution is 9.10. The van der Waals surface area contributed by atoms with Gasteiger partial charge in [-0.05, 0) is 34.1 Å². The van der Waals surface area contributed by atoms with E-state index < -0.39 is 0 Å².